The fourth-order valence-electron chi connectivity index (χ4n) is 4.48. The van der Waals surface area contributed by atoms with Gasteiger partial charge in [-0.2, -0.15) is 0 Å². The van der Waals surface area contributed by atoms with Gasteiger partial charge in [0, 0.05) is 12.0 Å². The summed E-state index contributed by atoms with van der Waals surface area (Å²) >= 11 is 1.58. The molecule has 146 valence electrons. The molecule has 0 aromatic carbocycles. The molecule has 0 radical (unpaired) electrons. The van der Waals surface area contributed by atoms with E-state index in [9.17, 15) is 14.4 Å². The third kappa shape index (κ3) is 4.52. The van der Waals surface area contributed by atoms with Gasteiger partial charge in [0.2, 0.25) is 11.8 Å². The third-order valence-corrected chi connectivity index (χ3v) is 7.01. The van der Waals surface area contributed by atoms with Crippen molar-refractivity contribution in [2.24, 2.45) is 17.8 Å². The van der Waals surface area contributed by atoms with Gasteiger partial charge in [0.1, 0.15) is 0 Å². The van der Waals surface area contributed by atoms with Crippen molar-refractivity contribution in [3.63, 3.8) is 0 Å². The van der Waals surface area contributed by atoms with Gasteiger partial charge in [-0.05, 0) is 57.2 Å². The molecule has 2 saturated heterocycles. The average molecular weight is 384 g/mol. The highest BCUT2D eigenvalue weighted by Gasteiger charge is 2.41. The van der Waals surface area contributed by atoms with E-state index in [4.69, 9.17) is 4.74 Å². The molecule has 26 heavy (non-hydrogen) atoms. The van der Waals surface area contributed by atoms with Crippen LogP contribution in [0.4, 0.5) is 4.79 Å². The summed E-state index contributed by atoms with van der Waals surface area (Å²) in [5.74, 6) is 0.533. The van der Waals surface area contributed by atoms with E-state index in [0.717, 1.165) is 44.4 Å². The molecule has 7 nitrogen and oxygen atoms in total. The Hall–Kier alpha value is -1.28. The standard InChI is InChI=1S/C18H29N3O4S/c1-2-25-18(24)21-16(23)13-8-10-26-17(13)20-15(22)12-5-3-7-14-11(12)6-4-9-19-14/h11-14,17,19H,2-10H2,1H3,(H,20,22)(H,21,23,24). The van der Waals surface area contributed by atoms with Gasteiger partial charge >= 0.3 is 6.09 Å². The van der Waals surface area contributed by atoms with Crippen LogP contribution < -0.4 is 16.0 Å². The highest BCUT2D eigenvalue weighted by Crippen LogP contribution is 2.37. The minimum absolute atomic E-state index is 0.0246. The van der Waals surface area contributed by atoms with Crippen molar-refractivity contribution >= 4 is 29.7 Å². The van der Waals surface area contributed by atoms with Crippen LogP contribution in [0.2, 0.25) is 0 Å². The van der Waals surface area contributed by atoms with E-state index in [-0.39, 0.29) is 29.7 Å². The first-order chi connectivity index (χ1) is 12.6. The predicted octanol–water partition coefficient (Wildman–Crippen LogP) is 1.62. The number of hydrogen-bond donors (Lipinski definition) is 3. The smallest absolute Gasteiger partial charge is 0.413 e. The first-order valence-corrected chi connectivity index (χ1v) is 10.8. The van der Waals surface area contributed by atoms with Crippen LogP contribution >= 0.6 is 11.8 Å². The molecule has 0 spiro atoms. The summed E-state index contributed by atoms with van der Waals surface area (Å²) in [6, 6.07) is 0.451. The monoisotopic (exact) mass is 383 g/mol. The third-order valence-electron chi connectivity index (χ3n) is 5.74. The maximum atomic E-state index is 12.9. The molecule has 3 amide bonds. The van der Waals surface area contributed by atoms with Gasteiger partial charge in [-0.15, -0.1) is 11.8 Å². The Morgan fingerprint density at radius 1 is 1.08 bits per heavy atom. The topological polar surface area (TPSA) is 96.5 Å². The molecule has 3 N–H and O–H groups in total. The number of rotatable bonds is 4. The predicted molar refractivity (Wildman–Crippen MR) is 99.5 cm³/mol. The van der Waals surface area contributed by atoms with E-state index in [0.29, 0.717) is 18.4 Å². The summed E-state index contributed by atoms with van der Waals surface area (Å²) in [4.78, 5) is 36.8. The number of piperidine rings is 1. The van der Waals surface area contributed by atoms with Crippen LogP contribution in [0.3, 0.4) is 0 Å². The Kier molecular flexibility index (Phi) is 6.80. The van der Waals surface area contributed by atoms with E-state index in [1.807, 2.05) is 0 Å². The summed E-state index contributed by atoms with van der Waals surface area (Å²) < 4.78 is 4.77. The molecule has 3 aliphatic rings. The van der Waals surface area contributed by atoms with Crippen LogP contribution in [0.25, 0.3) is 0 Å². The molecular formula is C18H29N3O4S. The zero-order chi connectivity index (χ0) is 18.5. The number of nitrogens with one attached hydrogen (secondary N) is 3. The number of thioether (sulfide) groups is 1. The largest absolute Gasteiger partial charge is 0.450 e. The molecular weight excluding hydrogens is 354 g/mol. The molecule has 2 aliphatic heterocycles. The molecule has 3 rings (SSSR count). The molecule has 1 aliphatic carbocycles. The fraction of sp³-hybridized carbons (Fsp3) is 0.833. The van der Waals surface area contributed by atoms with E-state index in [1.54, 1.807) is 18.7 Å². The molecule has 0 bridgehead atoms. The number of amides is 3. The minimum Gasteiger partial charge on any atom is -0.450 e. The summed E-state index contributed by atoms with van der Waals surface area (Å²) in [6.07, 6.45) is 5.29. The van der Waals surface area contributed by atoms with Gasteiger partial charge in [0.05, 0.1) is 17.9 Å². The van der Waals surface area contributed by atoms with Crippen LogP contribution in [0, 0.1) is 17.8 Å². The van der Waals surface area contributed by atoms with Crippen molar-refractivity contribution < 1.29 is 19.1 Å². The van der Waals surface area contributed by atoms with Crippen LogP contribution in [0.5, 0.6) is 0 Å². The lowest BCUT2D eigenvalue weighted by Crippen LogP contribution is -2.52. The van der Waals surface area contributed by atoms with Crippen molar-refractivity contribution in [1.29, 1.82) is 0 Å². The van der Waals surface area contributed by atoms with Gasteiger partial charge in [-0.1, -0.05) is 6.42 Å². The summed E-state index contributed by atoms with van der Waals surface area (Å²) in [7, 11) is 0. The van der Waals surface area contributed by atoms with Gasteiger partial charge < -0.3 is 15.4 Å². The van der Waals surface area contributed by atoms with Crippen LogP contribution in [-0.4, -0.2) is 48.2 Å². The summed E-state index contributed by atoms with van der Waals surface area (Å²) in [5, 5.41) is 8.67. The number of carbonyl (C=O) groups is 3. The van der Waals surface area contributed by atoms with Gasteiger partial charge in [-0.3, -0.25) is 14.9 Å². The normalized spacial score (nSPS) is 33.8. The Bertz CT molecular complexity index is 543. The number of hydrogen-bond acceptors (Lipinski definition) is 6. The SMILES string of the molecule is CCOC(=O)NC(=O)C1CCSC1NC(=O)C1CCCC2NCCCC21. The molecule has 5 unspecified atom stereocenters. The highest BCUT2D eigenvalue weighted by molar-refractivity contribution is 8.00. The first-order valence-electron chi connectivity index (χ1n) is 9.73. The second-order valence-electron chi connectivity index (χ2n) is 7.31. The molecule has 0 aromatic rings. The second-order valence-corrected chi connectivity index (χ2v) is 8.56. The maximum absolute atomic E-state index is 12.9. The fourth-order valence-corrected chi connectivity index (χ4v) is 5.82. The molecule has 3 fully saturated rings. The Morgan fingerprint density at radius 2 is 1.92 bits per heavy atom. The summed E-state index contributed by atoms with van der Waals surface area (Å²) in [6.45, 7) is 2.96. The molecule has 0 aromatic heterocycles. The zero-order valence-corrected chi connectivity index (χ0v) is 16.1. The van der Waals surface area contributed by atoms with Crippen LogP contribution in [0.1, 0.15) is 45.4 Å². The van der Waals surface area contributed by atoms with Crippen molar-refractivity contribution in [2.45, 2.75) is 56.9 Å². The van der Waals surface area contributed by atoms with E-state index < -0.39 is 12.0 Å². The quantitative estimate of drug-likeness (QED) is 0.683. The minimum atomic E-state index is -0.720. The number of carbonyl (C=O) groups excluding carboxylic acids is 3. The van der Waals surface area contributed by atoms with Crippen molar-refractivity contribution in [3.8, 4) is 0 Å². The van der Waals surface area contributed by atoms with Gasteiger partial charge in [0.25, 0.3) is 0 Å². The Morgan fingerprint density at radius 3 is 2.73 bits per heavy atom. The van der Waals surface area contributed by atoms with E-state index in [1.165, 1.54) is 0 Å². The zero-order valence-electron chi connectivity index (χ0n) is 15.3. The van der Waals surface area contributed by atoms with Crippen molar-refractivity contribution in [1.82, 2.24) is 16.0 Å². The van der Waals surface area contributed by atoms with Crippen LogP contribution in [-0.2, 0) is 14.3 Å². The molecule has 1 saturated carbocycles. The molecule has 2 heterocycles. The Labute approximate surface area is 158 Å². The van der Waals surface area contributed by atoms with E-state index in [2.05, 4.69) is 16.0 Å². The van der Waals surface area contributed by atoms with Gasteiger partial charge in [0.15, 0.2) is 0 Å². The second kappa shape index (κ2) is 9.08. The number of fused-ring (bicyclic) bond motifs is 1. The lowest BCUT2D eigenvalue weighted by Gasteiger charge is -2.41. The maximum Gasteiger partial charge on any atom is 0.413 e. The molecule has 8 heteroatoms. The number of imide groups is 1. The Balaban J connectivity index is 1.57. The van der Waals surface area contributed by atoms with Crippen molar-refractivity contribution in [3.05, 3.63) is 0 Å². The highest BCUT2D eigenvalue weighted by atomic mass is 32.2. The lowest BCUT2D eigenvalue weighted by atomic mass is 9.71. The van der Waals surface area contributed by atoms with Crippen LogP contribution in [0.15, 0.2) is 0 Å². The lowest BCUT2D eigenvalue weighted by molar-refractivity contribution is -0.130. The number of ether oxygens (including phenoxy) is 1. The first kappa shape index (κ1) is 19.5. The van der Waals surface area contributed by atoms with Crippen molar-refractivity contribution in [2.75, 3.05) is 18.9 Å². The average Bonchev–Trinajstić information content (AvgIpc) is 3.09. The van der Waals surface area contributed by atoms with Gasteiger partial charge in [-0.25, -0.2) is 4.79 Å². The number of alkyl carbamates (subject to hydrolysis) is 1. The van der Waals surface area contributed by atoms with E-state index >= 15 is 0 Å². The molecule has 5 atom stereocenters. The summed E-state index contributed by atoms with van der Waals surface area (Å²) in [5.41, 5.74) is 0.